The van der Waals surface area contributed by atoms with Crippen LogP contribution in [0.15, 0.2) is 22.7 Å². The Hall–Kier alpha value is -1.82. The summed E-state index contributed by atoms with van der Waals surface area (Å²) < 4.78 is 30.9. The molecule has 17 heavy (non-hydrogen) atoms. The molecular formula is C11H11F2N3O. The van der Waals surface area contributed by atoms with Crippen molar-refractivity contribution in [1.82, 2.24) is 10.1 Å². The van der Waals surface area contributed by atoms with E-state index in [4.69, 9.17) is 10.3 Å². The van der Waals surface area contributed by atoms with E-state index in [1.807, 2.05) is 0 Å². The van der Waals surface area contributed by atoms with Crippen molar-refractivity contribution in [2.24, 2.45) is 5.73 Å². The van der Waals surface area contributed by atoms with Gasteiger partial charge in [-0.1, -0.05) is 5.16 Å². The van der Waals surface area contributed by atoms with Crippen molar-refractivity contribution in [3.63, 3.8) is 0 Å². The Labute approximate surface area is 96.4 Å². The fraction of sp³-hybridized carbons (Fsp3) is 0.273. The van der Waals surface area contributed by atoms with Crippen LogP contribution in [-0.4, -0.2) is 16.7 Å². The Morgan fingerprint density at radius 1 is 1.18 bits per heavy atom. The molecule has 1 heterocycles. The lowest BCUT2D eigenvalue weighted by Gasteiger charge is -1.95. The van der Waals surface area contributed by atoms with Crippen LogP contribution in [0, 0.1) is 11.6 Å². The number of benzene rings is 1. The third kappa shape index (κ3) is 2.85. The Morgan fingerprint density at radius 3 is 2.53 bits per heavy atom. The minimum absolute atomic E-state index is 0.176. The molecule has 2 rings (SSSR count). The summed E-state index contributed by atoms with van der Waals surface area (Å²) in [5.41, 5.74) is 5.60. The number of aromatic nitrogens is 2. The van der Waals surface area contributed by atoms with E-state index in [0.717, 1.165) is 24.6 Å². The average Bonchev–Trinajstić information content (AvgIpc) is 2.73. The van der Waals surface area contributed by atoms with Crippen LogP contribution < -0.4 is 5.73 Å². The van der Waals surface area contributed by atoms with Gasteiger partial charge in [0, 0.05) is 18.1 Å². The van der Waals surface area contributed by atoms with Crippen LogP contribution in [0.4, 0.5) is 8.78 Å². The smallest absolute Gasteiger partial charge is 0.227 e. The molecule has 0 radical (unpaired) electrons. The fourth-order valence-corrected chi connectivity index (χ4v) is 1.41. The second-order valence-electron chi connectivity index (χ2n) is 3.56. The maximum atomic E-state index is 13.0. The first-order valence-corrected chi connectivity index (χ1v) is 5.18. The van der Waals surface area contributed by atoms with Gasteiger partial charge in [-0.3, -0.25) is 0 Å². The summed E-state index contributed by atoms with van der Waals surface area (Å²) in [5.74, 6) is -0.757. The van der Waals surface area contributed by atoms with Gasteiger partial charge in [-0.05, 0) is 25.1 Å². The highest BCUT2D eigenvalue weighted by molar-refractivity contribution is 5.54. The van der Waals surface area contributed by atoms with E-state index < -0.39 is 11.6 Å². The van der Waals surface area contributed by atoms with Gasteiger partial charge in [0.2, 0.25) is 11.7 Å². The molecule has 0 aliphatic rings. The number of nitrogens with zero attached hydrogens (tertiary/aromatic N) is 2. The number of nitrogens with two attached hydrogens (primary N) is 1. The summed E-state index contributed by atoms with van der Waals surface area (Å²) in [6, 6.07) is 3.10. The van der Waals surface area contributed by atoms with Gasteiger partial charge in [0.15, 0.2) is 0 Å². The van der Waals surface area contributed by atoms with Crippen molar-refractivity contribution in [2.45, 2.75) is 12.8 Å². The molecule has 0 aliphatic heterocycles. The molecule has 2 N–H and O–H groups in total. The molecular weight excluding hydrogens is 228 g/mol. The van der Waals surface area contributed by atoms with Gasteiger partial charge in [-0.15, -0.1) is 0 Å². The molecule has 0 unspecified atom stereocenters. The predicted molar refractivity (Wildman–Crippen MR) is 57.0 cm³/mol. The molecule has 1 aromatic heterocycles. The Bertz CT molecular complexity index is 493. The van der Waals surface area contributed by atoms with Crippen molar-refractivity contribution >= 4 is 0 Å². The number of halogens is 2. The predicted octanol–water partition coefficient (Wildman–Crippen LogP) is 1.91. The lowest BCUT2D eigenvalue weighted by Crippen LogP contribution is -2.00. The number of rotatable bonds is 4. The van der Waals surface area contributed by atoms with E-state index in [1.165, 1.54) is 0 Å². The van der Waals surface area contributed by atoms with Gasteiger partial charge in [-0.2, -0.15) is 4.98 Å². The molecule has 0 aliphatic carbocycles. The topological polar surface area (TPSA) is 64.9 Å². The maximum Gasteiger partial charge on any atom is 0.227 e. The lowest BCUT2D eigenvalue weighted by atomic mass is 10.2. The molecule has 1 aromatic carbocycles. The van der Waals surface area contributed by atoms with E-state index in [1.54, 1.807) is 0 Å². The van der Waals surface area contributed by atoms with Gasteiger partial charge < -0.3 is 10.3 Å². The number of hydrogen-bond acceptors (Lipinski definition) is 4. The summed E-state index contributed by atoms with van der Waals surface area (Å²) in [7, 11) is 0. The molecule has 0 fully saturated rings. The van der Waals surface area contributed by atoms with Crippen LogP contribution in [0.5, 0.6) is 0 Å². The molecule has 6 heteroatoms. The molecule has 0 saturated carbocycles. The van der Waals surface area contributed by atoms with Crippen LogP contribution in [0.25, 0.3) is 11.4 Å². The first kappa shape index (κ1) is 11.7. The van der Waals surface area contributed by atoms with Gasteiger partial charge >= 0.3 is 0 Å². The molecule has 90 valence electrons. The van der Waals surface area contributed by atoms with E-state index >= 15 is 0 Å². The SMILES string of the molecule is NCCCc1nc(-c2cc(F)cc(F)c2)no1. The average molecular weight is 239 g/mol. The zero-order valence-electron chi connectivity index (χ0n) is 8.99. The normalized spacial score (nSPS) is 10.8. The Morgan fingerprint density at radius 2 is 1.88 bits per heavy atom. The molecule has 0 atom stereocenters. The summed E-state index contributed by atoms with van der Waals surface area (Å²) in [5, 5.41) is 3.66. The van der Waals surface area contributed by atoms with Crippen LogP contribution in [-0.2, 0) is 6.42 Å². The van der Waals surface area contributed by atoms with Crippen LogP contribution >= 0.6 is 0 Å². The van der Waals surface area contributed by atoms with Crippen molar-refractivity contribution in [3.05, 3.63) is 35.7 Å². The Balaban J connectivity index is 2.24. The van der Waals surface area contributed by atoms with Crippen molar-refractivity contribution in [1.29, 1.82) is 0 Å². The second-order valence-corrected chi connectivity index (χ2v) is 3.56. The van der Waals surface area contributed by atoms with E-state index in [2.05, 4.69) is 10.1 Å². The van der Waals surface area contributed by atoms with Crippen LogP contribution in [0.2, 0.25) is 0 Å². The highest BCUT2D eigenvalue weighted by atomic mass is 19.1. The monoisotopic (exact) mass is 239 g/mol. The van der Waals surface area contributed by atoms with Crippen LogP contribution in [0.3, 0.4) is 0 Å². The largest absolute Gasteiger partial charge is 0.339 e. The summed E-state index contributed by atoms with van der Waals surface area (Å²) in [6.45, 7) is 0.520. The minimum Gasteiger partial charge on any atom is -0.339 e. The first-order chi connectivity index (χ1) is 8.19. The number of hydrogen-bond donors (Lipinski definition) is 1. The van der Waals surface area contributed by atoms with Crippen molar-refractivity contribution in [3.8, 4) is 11.4 Å². The molecule has 0 saturated heterocycles. The summed E-state index contributed by atoms with van der Waals surface area (Å²) >= 11 is 0. The highest BCUT2D eigenvalue weighted by Crippen LogP contribution is 2.18. The van der Waals surface area contributed by atoms with E-state index in [9.17, 15) is 8.78 Å². The van der Waals surface area contributed by atoms with Gasteiger partial charge in [-0.25, -0.2) is 8.78 Å². The number of aryl methyl sites for hydroxylation is 1. The molecule has 0 amide bonds. The third-order valence-corrected chi connectivity index (χ3v) is 2.18. The van der Waals surface area contributed by atoms with Crippen molar-refractivity contribution < 1.29 is 13.3 Å². The second kappa shape index (κ2) is 5.01. The summed E-state index contributed by atoms with van der Waals surface area (Å²) in [4.78, 5) is 4.03. The molecule has 4 nitrogen and oxygen atoms in total. The first-order valence-electron chi connectivity index (χ1n) is 5.18. The maximum absolute atomic E-state index is 13.0. The molecule has 0 spiro atoms. The fourth-order valence-electron chi connectivity index (χ4n) is 1.41. The Kier molecular flexibility index (Phi) is 3.43. The molecule has 2 aromatic rings. The van der Waals surface area contributed by atoms with E-state index in [0.29, 0.717) is 18.9 Å². The van der Waals surface area contributed by atoms with Gasteiger partial charge in [0.1, 0.15) is 11.6 Å². The quantitative estimate of drug-likeness (QED) is 0.885. The minimum atomic E-state index is -0.673. The van der Waals surface area contributed by atoms with E-state index in [-0.39, 0.29) is 11.4 Å². The standard InChI is InChI=1S/C11H11F2N3O/c12-8-4-7(5-9(13)6-8)11-15-10(17-16-11)2-1-3-14/h4-6H,1-3,14H2. The zero-order chi connectivity index (χ0) is 12.3. The zero-order valence-corrected chi connectivity index (χ0v) is 8.99. The van der Waals surface area contributed by atoms with Crippen LogP contribution in [0.1, 0.15) is 12.3 Å². The third-order valence-electron chi connectivity index (χ3n) is 2.18. The van der Waals surface area contributed by atoms with Crippen molar-refractivity contribution in [2.75, 3.05) is 6.54 Å². The lowest BCUT2D eigenvalue weighted by molar-refractivity contribution is 0.376. The highest BCUT2D eigenvalue weighted by Gasteiger charge is 2.10. The van der Waals surface area contributed by atoms with Gasteiger partial charge in [0.25, 0.3) is 0 Å². The molecule has 0 bridgehead atoms. The van der Waals surface area contributed by atoms with Gasteiger partial charge in [0.05, 0.1) is 0 Å². The summed E-state index contributed by atoms with van der Waals surface area (Å²) in [6.07, 6.45) is 1.28.